The third-order valence-electron chi connectivity index (χ3n) is 4.52. The van der Waals surface area contributed by atoms with Crippen LogP contribution in [0.15, 0.2) is 36.8 Å². The molecule has 0 fully saturated rings. The summed E-state index contributed by atoms with van der Waals surface area (Å²) in [5.41, 5.74) is 3.54. The lowest BCUT2D eigenvalue weighted by Gasteiger charge is -2.21. The molecular weight excluding hydrogens is 322 g/mol. The Bertz CT molecular complexity index is 879. The summed E-state index contributed by atoms with van der Waals surface area (Å²) in [5, 5.41) is 4.12. The fourth-order valence-electron chi connectivity index (χ4n) is 2.77. The number of fused-ring (bicyclic) bond motifs is 1. The van der Waals surface area contributed by atoms with Crippen molar-refractivity contribution in [3.8, 4) is 0 Å². The average Bonchev–Trinajstić information content (AvgIpc) is 2.94. The number of aromatic nitrogens is 3. The van der Waals surface area contributed by atoms with Crippen LogP contribution in [-0.4, -0.2) is 20.5 Å². The molecule has 1 N–H and O–H groups in total. The predicted molar refractivity (Wildman–Crippen MR) is 96.5 cm³/mol. The fourth-order valence-corrected chi connectivity index (χ4v) is 2.77. The second-order valence-corrected chi connectivity index (χ2v) is 6.66. The third kappa shape index (κ3) is 3.34. The van der Waals surface area contributed by atoms with Gasteiger partial charge in [-0.15, -0.1) is 0 Å². The number of pyridine rings is 2. The first-order valence-corrected chi connectivity index (χ1v) is 8.30. The van der Waals surface area contributed by atoms with Crippen molar-refractivity contribution in [3.05, 3.63) is 48.0 Å². The number of hydrogen-bond donors (Lipinski definition) is 1. The van der Waals surface area contributed by atoms with Gasteiger partial charge >= 0.3 is 0 Å². The highest BCUT2D eigenvalue weighted by Crippen LogP contribution is 2.31. The van der Waals surface area contributed by atoms with Crippen LogP contribution >= 0.6 is 0 Å². The number of nitrogens with one attached hydrogen (secondary N) is 1. The highest BCUT2D eigenvalue weighted by Gasteiger charge is 2.34. The molecule has 25 heavy (non-hydrogen) atoms. The van der Waals surface area contributed by atoms with Crippen LogP contribution in [0.2, 0.25) is 0 Å². The molecule has 0 aliphatic heterocycles. The largest absolute Gasteiger partial charge is 0.341 e. The highest BCUT2D eigenvalue weighted by atomic mass is 19.3. The highest BCUT2D eigenvalue weighted by molar-refractivity contribution is 5.92. The summed E-state index contributed by atoms with van der Waals surface area (Å²) in [5.74, 6) is -2.84. The van der Waals surface area contributed by atoms with Crippen LogP contribution in [0.25, 0.3) is 10.9 Å². The van der Waals surface area contributed by atoms with E-state index in [2.05, 4.69) is 15.3 Å². The zero-order chi connectivity index (χ0) is 18.2. The van der Waals surface area contributed by atoms with Crippen LogP contribution < -0.4 is 5.32 Å². The monoisotopic (exact) mass is 344 g/mol. The van der Waals surface area contributed by atoms with Gasteiger partial charge in [0, 0.05) is 29.9 Å². The van der Waals surface area contributed by atoms with Gasteiger partial charge in [0.2, 0.25) is 0 Å². The van der Waals surface area contributed by atoms with E-state index < -0.39 is 11.8 Å². The topological polar surface area (TPSA) is 42.7 Å². The van der Waals surface area contributed by atoms with Gasteiger partial charge in [0.15, 0.2) is 0 Å². The van der Waals surface area contributed by atoms with Gasteiger partial charge in [0.1, 0.15) is 5.82 Å². The van der Waals surface area contributed by atoms with Crippen LogP contribution in [0.5, 0.6) is 0 Å². The lowest BCUT2D eigenvalue weighted by Crippen LogP contribution is -2.29. The number of rotatable bonds is 5. The molecule has 0 atom stereocenters. The Morgan fingerprint density at radius 1 is 1.12 bits per heavy atom. The molecule has 132 valence electrons. The van der Waals surface area contributed by atoms with E-state index in [1.165, 1.54) is 13.8 Å². The molecule has 4 nitrogen and oxygen atoms in total. The third-order valence-corrected chi connectivity index (χ3v) is 4.52. The van der Waals surface area contributed by atoms with Crippen LogP contribution in [-0.2, 0) is 6.54 Å². The van der Waals surface area contributed by atoms with Gasteiger partial charge in [-0.1, -0.05) is 13.8 Å². The average molecular weight is 344 g/mol. The fraction of sp³-hybridized carbons (Fsp3) is 0.368. The first-order valence-electron chi connectivity index (χ1n) is 8.30. The molecule has 0 bridgehead atoms. The Labute approximate surface area is 145 Å². The lowest BCUT2D eigenvalue weighted by molar-refractivity contribution is -0.0587. The summed E-state index contributed by atoms with van der Waals surface area (Å²) in [7, 11) is 0. The molecule has 0 spiro atoms. The molecule has 0 unspecified atom stereocenters. The quantitative estimate of drug-likeness (QED) is 0.701. The van der Waals surface area contributed by atoms with E-state index in [1.54, 1.807) is 29.2 Å². The number of anilines is 2. The molecule has 3 aromatic rings. The molecular formula is C19H22F2N4. The summed E-state index contributed by atoms with van der Waals surface area (Å²) >= 11 is 0. The van der Waals surface area contributed by atoms with Crippen molar-refractivity contribution in [3.63, 3.8) is 0 Å². The molecule has 0 aromatic carbocycles. The number of alkyl halides is 2. The second-order valence-electron chi connectivity index (χ2n) is 6.66. The molecule has 3 rings (SSSR count). The molecule has 6 heteroatoms. The van der Waals surface area contributed by atoms with Crippen molar-refractivity contribution >= 4 is 22.4 Å². The van der Waals surface area contributed by atoms with Gasteiger partial charge in [-0.05, 0) is 37.6 Å². The first-order chi connectivity index (χ1) is 11.8. The van der Waals surface area contributed by atoms with Crippen LogP contribution in [0.1, 0.15) is 25.1 Å². The summed E-state index contributed by atoms with van der Waals surface area (Å²) < 4.78 is 29.8. The van der Waals surface area contributed by atoms with E-state index in [0.29, 0.717) is 5.82 Å². The number of halogens is 2. The van der Waals surface area contributed by atoms with Crippen molar-refractivity contribution in [2.45, 2.75) is 40.2 Å². The van der Waals surface area contributed by atoms with E-state index in [0.717, 1.165) is 27.8 Å². The van der Waals surface area contributed by atoms with Gasteiger partial charge in [-0.25, -0.2) is 13.8 Å². The molecule has 0 saturated heterocycles. The molecule has 0 aliphatic carbocycles. The summed E-state index contributed by atoms with van der Waals surface area (Å²) in [6.07, 6.45) is 5.08. The molecule has 0 radical (unpaired) electrons. The molecule has 3 aromatic heterocycles. The Kier molecular flexibility index (Phi) is 4.45. The Balaban J connectivity index is 1.99. The Hall–Kier alpha value is -2.50. The van der Waals surface area contributed by atoms with Gasteiger partial charge in [0.05, 0.1) is 23.4 Å². The van der Waals surface area contributed by atoms with Crippen LogP contribution in [0.3, 0.4) is 0 Å². The predicted octanol–water partition coefficient (Wildman–Crippen LogP) is 5.08. The van der Waals surface area contributed by atoms with E-state index in [4.69, 9.17) is 0 Å². The minimum Gasteiger partial charge on any atom is -0.341 e. The van der Waals surface area contributed by atoms with Crippen molar-refractivity contribution < 1.29 is 8.78 Å². The normalized spacial score (nSPS) is 12.1. The van der Waals surface area contributed by atoms with Gasteiger partial charge < -0.3 is 9.88 Å². The van der Waals surface area contributed by atoms with Crippen molar-refractivity contribution in [1.82, 2.24) is 14.5 Å². The minimum absolute atomic E-state index is 0.345. The minimum atomic E-state index is -2.76. The Morgan fingerprint density at radius 2 is 1.84 bits per heavy atom. The Morgan fingerprint density at radius 3 is 2.52 bits per heavy atom. The maximum atomic E-state index is 14.1. The summed E-state index contributed by atoms with van der Waals surface area (Å²) in [6, 6.07) is 5.51. The lowest BCUT2D eigenvalue weighted by atomic mass is 10.1. The van der Waals surface area contributed by atoms with E-state index in [1.807, 2.05) is 26.0 Å². The molecule has 3 heterocycles. The molecule has 0 aliphatic rings. The van der Waals surface area contributed by atoms with E-state index in [9.17, 15) is 8.78 Å². The number of hydrogen-bond acceptors (Lipinski definition) is 3. The van der Waals surface area contributed by atoms with Gasteiger partial charge in [-0.2, -0.15) is 0 Å². The number of nitrogens with zero attached hydrogens (tertiary/aromatic N) is 3. The van der Waals surface area contributed by atoms with Crippen LogP contribution in [0, 0.1) is 19.8 Å². The molecule has 0 saturated carbocycles. The van der Waals surface area contributed by atoms with Crippen molar-refractivity contribution in [2.24, 2.45) is 5.92 Å². The van der Waals surface area contributed by atoms with Crippen LogP contribution in [0.4, 0.5) is 20.3 Å². The second kappa shape index (κ2) is 6.43. The summed E-state index contributed by atoms with van der Waals surface area (Å²) in [6.45, 7) is 6.64. The van der Waals surface area contributed by atoms with Gasteiger partial charge in [-0.3, -0.25) is 4.98 Å². The van der Waals surface area contributed by atoms with E-state index >= 15 is 0 Å². The maximum absolute atomic E-state index is 14.1. The zero-order valence-electron chi connectivity index (χ0n) is 14.8. The van der Waals surface area contributed by atoms with Crippen molar-refractivity contribution in [1.29, 1.82) is 0 Å². The smallest absolute Gasteiger partial charge is 0.267 e. The zero-order valence-corrected chi connectivity index (χ0v) is 14.8. The first kappa shape index (κ1) is 17.3. The van der Waals surface area contributed by atoms with E-state index in [-0.39, 0.29) is 6.54 Å². The maximum Gasteiger partial charge on any atom is 0.267 e. The van der Waals surface area contributed by atoms with Crippen molar-refractivity contribution in [2.75, 3.05) is 5.32 Å². The SMILES string of the molecule is Cc1ccnc(C)c1Nc1nccc2c1ccn2CC(F)(F)C(C)C. The van der Waals surface area contributed by atoms with Gasteiger partial charge in [0.25, 0.3) is 5.92 Å². The standard InChI is InChI=1S/C19H22F2N4/c1-12(2)19(20,21)11-25-10-7-15-16(25)6-9-23-18(15)24-17-13(3)5-8-22-14(17)4/h5-10,12H,11H2,1-4H3,(H,23,24). The summed E-state index contributed by atoms with van der Waals surface area (Å²) in [4.78, 5) is 8.68. The molecule has 0 amide bonds. The number of aryl methyl sites for hydroxylation is 2.